The summed E-state index contributed by atoms with van der Waals surface area (Å²) in [6.45, 7) is 0. The molecule has 1 aromatic heterocycles. The highest BCUT2D eigenvalue weighted by Crippen LogP contribution is 2.31. The normalized spacial score (nSPS) is 10.5. The van der Waals surface area contributed by atoms with Gasteiger partial charge in [-0.25, -0.2) is 4.98 Å². The monoisotopic (exact) mass is 227 g/mol. The molecule has 0 saturated carbocycles. The molecule has 0 saturated heterocycles. The molecule has 3 nitrogen and oxygen atoms in total. The number of hydrogen-bond donors (Lipinski definition) is 0. The minimum Gasteiger partial charge on any atom is -0.255 e. The molecular weight excluding hydrogens is 221 g/mol. The number of hydrogen-bond acceptors (Lipinski definition) is 2. The number of aromatic nitrogens is 3. The van der Waals surface area contributed by atoms with Gasteiger partial charge in [0.2, 0.25) is 0 Å². The molecule has 1 aromatic carbocycles. The summed E-state index contributed by atoms with van der Waals surface area (Å²) in [5, 5.41) is 5.26. The van der Waals surface area contributed by atoms with Crippen LogP contribution in [0.25, 0.3) is 11.4 Å². The van der Waals surface area contributed by atoms with Crippen molar-refractivity contribution in [3.8, 4) is 11.4 Å². The highest BCUT2D eigenvalue weighted by molar-refractivity contribution is 6.38. The molecule has 0 aliphatic carbocycles. The summed E-state index contributed by atoms with van der Waals surface area (Å²) in [5.41, 5.74) is 0.677. The molecule has 2 rings (SSSR count). The predicted octanol–water partition coefficient (Wildman–Crippen LogP) is 2.79. The number of halogens is 2. The van der Waals surface area contributed by atoms with Gasteiger partial charge in [-0.3, -0.25) is 4.68 Å². The molecule has 0 unspecified atom stereocenters. The van der Waals surface area contributed by atoms with Gasteiger partial charge in [0.05, 0.1) is 15.6 Å². The summed E-state index contributed by atoms with van der Waals surface area (Å²) < 4.78 is 1.61. The quantitative estimate of drug-likeness (QED) is 0.751. The van der Waals surface area contributed by atoms with Crippen molar-refractivity contribution in [1.82, 2.24) is 14.8 Å². The molecule has 0 aliphatic heterocycles. The molecule has 5 heteroatoms. The van der Waals surface area contributed by atoms with Crippen LogP contribution in [-0.2, 0) is 7.05 Å². The molecule has 2 aromatic rings. The van der Waals surface area contributed by atoms with Crippen molar-refractivity contribution in [2.24, 2.45) is 7.05 Å². The molecule has 0 N–H and O–H groups in total. The van der Waals surface area contributed by atoms with Crippen LogP contribution in [0.2, 0.25) is 10.0 Å². The second kappa shape index (κ2) is 3.59. The Kier molecular flexibility index (Phi) is 2.44. The highest BCUT2D eigenvalue weighted by Gasteiger charge is 2.11. The SMILES string of the molecule is Cn1cnc(-c2c(Cl)cccc2Cl)n1. The third-order valence-corrected chi connectivity index (χ3v) is 2.42. The lowest BCUT2D eigenvalue weighted by atomic mass is 10.2. The van der Waals surface area contributed by atoms with Crippen LogP contribution < -0.4 is 0 Å². The van der Waals surface area contributed by atoms with Crippen molar-refractivity contribution in [3.05, 3.63) is 34.6 Å². The Labute approximate surface area is 91.3 Å². The summed E-state index contributed by atoms with van der Waals surface area (Å²) in [7, 11) is 1.79. The predicted molar refractivity (Wildman–Crippen MR) is 56.5 cm³/mol. The molecule has 0 fully saturated rings. The van der Waals surface area contributed by atoms with E-state index in [4.69, 9.17) is 23.2 Å². The van der Waals surface area contributed by atoms with E-state index in [0.29, 0.717) is 21.4 Å². The van der Waals surface area contributed by atoms with Gasteiger partial charge in [-0.05, 0) is 12.1 Å². The van der Waals surface area contributed by atoms with Crippen LogP contribution in [0, 0.1) is 0 Å². The Morgan fingerprint density at radius 1 is 1.21 bits per heavy atom. The summed E-state index contributed by atoms with van der Waals surface area (Å²) in [4.78, 5) is 4.09. The molecule has 0 spiro atoms. The van der Waals surface area contributed by atoms with Gasteiger partial charge < -0.3 is 0 Å². The van der Waals surface area contributed by atoms with Crippen LogP contribution in [0.15, 0.2) is 24.5 Å². The van der Waals surface area contributed by atoms with Gasteiger partial charge in [-0.2, -0.15) is 5.10 Å². The minimum absolute atomic E-state index is 0.545. The van der Waals surface area contributed by atoms with E-state index in [-0.39, 0.29) is 0 Å². The fourth-order valence-corrected chi connectivity index (χ4v) is 1.73. The first kappa shape index (κ1) is 9.49. The first-order chi connectivity index (χ1) is 6.68. The number of nitrogens with zero attached hydrogens (tertiary/aromatic N) is 3. The van der Waals surface area contributed by atoms with Gasteiger partial charge in [0.25, 0.3) is 0 Å². The van der Waals surface area contributed by atoms with Crippen molar-refractivity contribution >= 4 is 23.2 Å². The van der Waals surface area contributed by atoms with Gasteiger partial charge in [0, 0.05) is 7.05 Å². The van der Waals surface area contributed by atoms with E-state index in [9.17, 15) is 0 Å². The molecule has 72 valence electrons. The summed E-state index contributed by atoms with van der Waals surface area (Å²) in [5.74, 6) is 0.545. The maximum atomic E-state index is 6.00. The lowest BCUT2D eigenvalue weighted by Crippen LogP contribution is -1.89. The van der Waals surface area contributed by atoms with Gasteiger partial charge in [0.1, 0.15) is 6.33 Å². The molecule has 0 radical (unpaired) electrons. The summed E-state index contributed by atoms with van der Waals surface area (Å²) in [6.07, 6.45) is 1.61. The Hall–Kier alpha value is -1.06. The molecule has 0 bridgehead atoms. The smallest absolute Gasteiger partial charge is 0.184 e. The van der Waals surface area contributed by atoms with E-state index in [1.165, 1.54) is 0 Å². The molecule has 1 heterocycles. The van der Waals surface area contributed by atoms with Gasteiger partial charge in [0.15, 0.2) is 5.82 Å². The Balaban J connectivity index is 2.61. The highest BCUT2D eigenvalue weighted by atomic mass is 35.5. The first-order valence-corrected chi connectivity index (χ1v) is 4.74. The topological polar surface area (TPSA) is 30.7 Å². The molecule has 0 atom stereocenters. The zero-order chi connectivity index (χ0) is 10.1. The van der Waals surface area contributed by atoms with Crippen molar-refractivity contribution in [3.63, 3.8) is 0 Å². The van der Waals surface area contributed by atoms with Gasteiger partial charge >= 0.3 is 0 Å². The maximum Gasteiger partial charge on any atom is 0.184 e. The van der Waals surface area contributed by atoms with Gasteiger partial charge in [-0.15, -0.1) is 0 Å². The van der Waals surface area contributed by atoms with Crippen LogP contribution in [0.3, 0.4) is 0 Å². The van der Waals surface area contributed by atoms with Crippen molar-refractivity contribution < 1.29 is 0 Å². The number of rotatable bonds is 1. The molecular formula is C9H7Cl2N3. The van der Waals surface area contributed by atoms with Crippen LogP contribution in [-0.4, -0.2) is 14.8 Å². The van der Waals surface area contributed by atoms with E-state index in [0.717, 1.165) is 0 Å². The van der Waals surface area contributed by atoms with E-state index in [2.05, 4.69) is 10.1 Å². The second-order valence-corrected chi connectivity index (χ2v) is 3.65. The average molecular weight is 228 g/mol. The zero-order valence-electron chi connectivity index (χ0n) is 7.41. The lowest BCUT2D eigenvalue weighted by Gasteiger charge is -2.01. The number of benzene rings is 1. The van der Waals surface area contributed by atoms with Crippen LogP contribution in [0.4, 0.5) is 0 Å². The lowest BCUT2D eigenvalue weighted by molar-refractivity contribution is 0.768. The van der Waals surface area contributed by atoms with E-state index in [1.54, 1.807) is 36.3 Å². The fourth-order valence-electron chi connectivity index (χ4n) is 1.17. The average Bonchev–Trinajstić information content (AvgIpc) is 2.51. The standard InChI is InChI=1S/C9H7Cl2N3/c1-14-5-12-9(13-14)8-6(10)3-2-4-7(8)11/h2-5H,1H3. The van der Waals surface area contributed by atoms with Crippen LogP contribution in [0.1, 0.15) is 0 Å². The fraction of sp³-hybridized carbons (Fsp3) is 0.111. The van der Waals surface area contributed by atoms with Crippen LogP contribution >= 0.6 is 23.2 Å². The summed E-state index contributed by atoms with van der Waals surface area (Å²) >= 11 is 12.0. The van der Waals surface area contributed by atoms with E-state index in [1.807, 2.05) is 0 Å². The summed E-state index contributed by atoms with van der Waals surface area (Å²) in [6, 6.07) is 5.31. The van der Waals surface area contributed by atoms with Crippen molar-refractivity contribution in [2.45, 2.75) is 0 Å². The largest absolute Gasteiger partial charge is 0.255 e. The second-order valence-electron chi connectivity index (χ2n) is 2.84. The van der Waals surface area contributed by atoms with Crippen molar-refractivity contribution in [1.29, 1.82) is 0 Å². The van der Waals surface area contributed by atoms with Crippen molar-refractivity contribution in [2.75, 3.05) is 0 Å². The Morgan fingerprint density at radius 2 is 1.86 bits per heavy atom. The Bertz CT molecular complexity index is 445. The minimum atomic E-state index is 0.545. The van der Waals surface area contributed by atoms with E-state index < -0.39 is 0 Å². The molecule has 14 heavy (non-hydrogen) atoms. The number of aryl methyl sites for hydroxylation is 1. The Morgan fingerprint density at radius 3 is 2.36 bits per heavy atom. The van der Waals surface area contributed by atoms with E-state index >= 15 is 0 Å². The first-order valence-electron chi connectivity index (χ1n) is 3.98. The third kappa shape index (κ3) is 1.61. The van der Waals surface area contributed by atoms with Crippen LogP contribution in [0.5, 0.6) is 0 Å². The van der Waals surface area contributed by atoms with Gasteiger partial charge in [-0.1, -0.05) is 29.3 Å². The molecule has 0 amide bonds. The zero-order valence-corrected chi connectivity index (χ0v) is 8.92. The molecule has 0 aliphatic rings. The third-order valence-electron chi connectivity index (χ3n) is 1.79. The maximum absolute atomic E-state index is 6.00.